The van der Waals surface area contributed by atoms with Crippen molar-refractivity contribution in [3.63, 3.8) is 0 Å². The van der Waals surface area contributed by atoms with E-state index in [0.717, 1.165) is 22.6 Å². The minimum atomic E-state index is -0.117. The van der Waals surface area contributed by atoms with E-state index < -0.39 is 0 Å². The van der Waals surface area contributed by atoms with Crippen LogP contribution in [-0.2, 0) is 11.3 Å². The van der Waals surface area contributed by atoms with E-state index in [1.807, 2.05) is 48.5 Å². The van der Waals surface area contributed by atoms with Crippen LogP contribution in [0.15, 0.2) is 48.5 Å². The summed E-state index contributed by atoms with van der Waals surface area (Å²) in [7, 11) is 1.81. The first-order chi connectivity index (χ1) is 11.6. The number of fused-ring (bicyclic) bond motifs is 1. The lowest BCUT2D eigenvalue weighted by atomic mass is 10.0. The van der Waals surface area contributed by atoms with E-state index >= 15 is 0 Å². The Balaban J connectivity index is 1.51. The van der Waals surface area contributed by atoms with Gasteiger partial charge in [-0.3, -0.25) is 4.79 Å². The molecule has 0 aliphatic carbocycles. The summed E-state index contributed by atoms with van der Waals surface area (Å²) in [4.78, 5) is 14.0. The highest BCUT2D eigenvalue weighted by Gasteiger charge is 2.16. The van der Waals surface area contributed by atoms with Gasteiger partial charge in [0.2, 0.25) is 12.7 Å². The highest BCUT2D eigenvalue weighted by Crippen LogP contribution is 2.32. The molecule has 0 bridgehead atoms. The Morgan fingerprint density at radius 2 is 1.92 bits per heavy atom. The molecule has 0 aromatic heterocycles. The summed E-state index contributed by atoms with van der Waals surface area (Å²) in [5.41, 5.74) is 8.23. The molecule has 0 radical (unpaired) electrons. The maximum atomic E-state index is 12.3. The van der Waals surface area contributed by atoms with Gasteiger partial charge in [0.25, 0.3) is 0 Å². The number of ether oxygens (including phenoxy) is 2. The van der Waals surface area contributed by atoms with Crippen molar-refractivity contribution in [3.05, 3.63) is 59.7 Å². The number of nitrogens with zero attached hydrogens (tertiary/aromatic N) is 1. The summed E-state index contributed by atoms with van der Waals surface area (Å²) in [5, 5.41) is 0. The fourth-order valence-corrected chi connectivity index (χ4v) is 2.74. The van der Waals surface area contributed by atoms with Gasteiger partial charge < -0.3 is 20.1 Å². The average molecular weight is 326 g/mol. The number of carbonyl (C=O) groups excluding carboxylic acids is 1. The Bertz CT molecular complexity index is 703. The lowest BCUT2D eigenvalue weighted by molar-refractivity contribution is -0.130. The summed E-state index contributed by atoms with van der Waals surface area (Å²) in [5.74, 6) is 1.57. The summed E-state index contributed by atoms with van der Waals surface area (Å²) >= 11 is 0. The number of hydrogen-bond donors (Lipinski definition) is 1. The van der Waals surface area contributed by atoms with Gasteiger partial charge in [0.15, 0.2) is 11.5 Å². The van der Waals surface area contributed by atoms with E-state index in [0.29, 0.717) is 19.4 Å². The number of benzene rings is 2. The second kappa shape index (κ2) is 7.36. The van der Waals surface area contributed by atoms with Gasteiger partial charge in [0.1, 0.15) is 0 Å². The van der Waals surface area contributed by atoms with Gasteiger partial charge in [-0.15, -0.1) is 0 Å². The van der Waals surface area contributed by atoms with Crippen LogP contribution in [0.25, 0.3) is 0 Å². The zero-order chi connectivity index (χ0) is 16.9. The van der Waals surface area contributed by atoms with Crippen molar-refractivity contribution in [3.8, 4) is 11.5 Å². The Hall–Kier alpha value is -2.53. The van der Waals surface area contributed by atoms with Gasteiger partial charge in [-0.05, 0) is 29.7 Å². The predicted octanol–water partition coefficient (Wildman–Crippen LogP) is 2.85. The van der Waals surface area contributed by atoms with Crippen LogP contribution >= 0.6 is 0 Å². The number of amides is 1. The molecule has 3 rings (SSSR count). The number of nitrogens with two attached hydrogens (primary N) is 1. The number of rotatable bonds is 6. The van der Waals surface area contributed by atoms with Gasteiger partial charge in [0, 0.05) is 26.1 Å². The molecule has 2 N–H and O–H groups in total. The minimum Gasteiger partial charge on any atom is -0.454 e. The van der Waals surface area contributed by atoms with Crippen molar-refractivity contribution in [1.29, 1.82) is 0 Å². The molecule has 126 valence electrons. The molecular formula is C19H22N2O3. The van der Waals surface area contributed by atoms with E-state index in [9.17, 15) is 4.79 Å². The molecule has 0 spiro atoms. The monoisotopic (exact) mass is 326 g/mol. The Morgan fingerprint density at radius 1 is 1.17 bits per heavy atom. The van der Waals surface area contributed by atoms with Crippen LogP contribution in [0.4, 0.5) is 0 Å². The molecule has 1 aliphatic rings. The van der Waals surface area contributed by atoms with E-state index in [2.05, 4.69) is 0 Å². The van der Waals surface area contributed by atoms with Gasteiger partial charge in [-0.2, -0.15) is 0 Å². The third-order valence-electron chi connectivity index (χ3n) is 4.18. The third-order valence-corrected chi connectivity index (χ3v) is 4.18. The van der Waals surface area contributed by atoms with Crippen molar-refractivity contribution in [2.75, 3.05) is 13.8 Å². The quantitative estimate of drug-likeness (QED) is 0.886. The zero-order valence-corrected chi connectivity index (χ0v) is 13.8. The lowest BCUT2D eigenvalue weighted by Crippen LogP contribution is -2.27. The molecule has 5 heteroatoms. The molecule has 0 saturated heterocycles. The molecule has 1 heterocycles. The predicted molar refractivity (Wildman–Crippen MR) is 91.6 cm³/mol. The number of hydrogen-bond acceptors (Lipinski definition) is 4. The first kappa shape index (κ1) is 16.3. The summed E-state index contributed by atoms with van der Waals surface area (Å²) in [6.45, 7) is 0.793. The molecule has 1 aliphatic heterocycles. The highest BCUT2D eigenvalue weighted by atomic mass is 16.7. The number of carbonyl (C=O) groups is 1. The molecular weight excluding hydrogens is 304 g/mol. The second-order valence-electron chi connectivity index (χ2n) is 5.99. The molecule has 2 aromatic rings. The van der Waals surface area contributed by atoms with Crippen molar-refractivity contribution in [2.45, 2.75) is 25.4 Å². The Labute approximate surface area is 142 Å². The molecule has 1 amide bonds. The van der Waals surface area contributed by atoms with Crippen LogP contribution in [0.5, 0.6) is 11.5 Å². The van der Waals surface area contributed by atoms with E-state index in [-0.39, 0.29) is 18.7 Å². The van der Waals surface area contributed by atoms with Crippen LogP contribution < -0.4 is 15.2 Å². The Kier molecular flexibility index (Phi) is 5.01. The lowest BCUT2D eigenvalue weighted by Gasteiger charge is -2.19. The molecule has 1 atom stereocenters. The SMILES string of the molecule is CN(Cc1ccc2c(c1)OCO2)C(=O)CC[C@@H](N)c1ccccc1. The van der Waals surface area contributed by atoms with E-state index in [1.165, 1.54) is 0 Å². The van der Waals surface area contributed by atoms with E-state index in [4.69, 9.17) is 15.2 Å². The largest absolute Gasteiger partial charge is 0.454 e. The van der Waals surface area contributed by atoms with Crippen molar-refractivity contribution < 1.29 is 14.3 Å². The molecule has 0 saturated carbocycles. The van der Waals surface area contributed by atoms with Crippen molar-refractivity contribution >= 4 is 5.91 Å². The van der Waals surface area contributed by atoms with Crippen LogP contribution in [0.3, 0.4) is 0 Å². The minimum absolute atomic E-state index is 0.0825. The fraction of sp³-hybridized carbons (Fsp3) is 0.316. The van der Waals surface area contributed by atoms with Crippen molar-refractivity contribution in [1.82, 2.24) is 4.90 Å². The van der Waals surface area contributed by atoms with Gasteiger partial charge in [-0.1, -0.05) is 36.4 Å². The second-order valence-corrected chi connectivity index (χ2v) is 5.99. The molecule has 0 fully saturated rings. The van der Waals surface area contributed by atoms with Gasteiger partial charge in [-0.25, -0.2) is 0 Å². The normalized spacial score (nSPS) is 13.6. The molecule has 0 unspecified atom stereocenters. The maximum absolute atomic E-state index is 12.3. The summed E-state index contributed by atoms with van der Waals surface area (Å²) in [6.07, 6.45) is 1.06. The van der Waals surface area contributed by atoms with Crippen molar-refractivity contribution in [2.24, 2.45) is 5.73 Å². The zero-order valence-electron chi connectivity index (χ0n) is 13.8. The summed E-state index contributed by atoms with van der Waals surface area (Å²) in [6, 6.07) is 15.5. The third kappa shape index (κ3) is 3.86. The first-order valence-corrected chi connectivity index (χ1v) is 8.06. The molecule has 2 aromatic carbocycles. The Morgan fingerprint density at radius 3 is 2.71 bits per heavy atom. The molecule has 5 nitrogen and oxygen atoms in total. The van der Waals surface area contributed by atoms with Gasteiger partial charge >= 0.3 is 0 Å². The molecule has 24 heavy (non-hydrogen) atoms. The maximum Gasteiger partial charge on any atom is 0.231 e. The van der Waals surface area contributed by atoms with Crippen LogP contribution in [0.1, 0.15) is 30.0 Å². The average Bonchev–Trinajstić information content (AvgIpc) is 3.07. The fourth-order valence-electron chi connectivity index (χ4n) is 2.74. The smallest absolute Gasteiger partial charge is 0.231 e. The highest BCUT2D eigenvalue weighted by molar-refractivity contribution is 5.76. The first-order valence-electron chi connectivity index (χ1n) is 8.06. The van der Waals surface area contributed by atoms with E-state index in [1.54, 1.807) is 11.9 Å². The standard InChI is InChI=1S/C19H22N2O3/c1-21(12-14-7-9-17-18(11-14)24-13-23-17)19(22)10-8-16(20)15-5-3-2-4-6-15/h2-7,9,11,16H,8,10,12-13,20H2,1H3/t16-/m1/s1. The van der Waals surface area contributed by atoms with Gasteiger partial charge in [0.05, 0.1) is 0 Å². The topological polar surface area (TPSA) is 64.8 Å². The van der Waals surface area contributed by atoms with Crippen LogP contribution in [0.2, 0.25) is 0 Å². The van der Waals surface area contributed by atoms with Crippen LogP contribution in [0, 0.1) is 0 Å². The summed E-state index contributed by atoms with van der Waals surface area (Å²) < 4.78 is 10.7. The van der Waals surface area contributed by atoms with Crippen LogP contribution in [-0.4, -0.2) is 24.6 Å².